The van der Waals surface area contributed by atoms with Crippen molar-refractivity contribution in [1.29, 1.82) is 0 Å². The molecule has 2 atom stereocenters. The summed E-state index contributed by atoms with van der Waals surface area (Å²) in [6, 6.07) is 6.96. The lowest BCUT2D eigenvalue weighted by atomic mass is 10.1. The van der Waals surface area contributed by atoms with E-state index < -0.39 is 0 Å². The standard InChI is InChI=1S/C13H15FN2S/c1-9(11-3-5-12(14)6-4-11)16-10(2)13-7-17-8-15-13/h3-10,16H,1-2H3. The van der Waals surface area contributed by atoms with E-state index in [0.29, 0.717) is 0 Å². The molecule has 2 rings (SSSR count). The van der Waals surface area contributed by atoms with Crippen molar-refractivity contribution in [2.45, 2.75) is 25.9 Å². The molecule has 0 saturated carbocycles. The minimum atomic E-state index is -0.200. The maximum atomic E-state index is 12.8. The van der Waals surface area contributed by atoms with Crippen LogP contribution in [0.3, 0.4) is 0 Å². The zero-order chi connectivity index (χ0) is 12.3. The summed E-state index contributed by atoms with van der Waals surface area (Å²) in [5.41, 5.74) is 3.95. The third-order valence-corrected chi connectivity index (χ3v) is 3.37. The van der Waals surface area contributed by atoms with E-state index in [1.54, 1.807) is 23.5 Å². The van der Waals surface area contributed by atoms with Crippen LogP contribution in [0.4, 0.5) is 4.39 Å². The molecule has 0 bridgehead atoms. The van der Waals surface area contributed by atoms with Gasteiger partial charge in [0.2, 0.25) is 0 Å². The van der Waals surface area contributed by atoms with Gasteiger partial charge >= 0.3 is 0 Å². The molecule has 2 nitrogen and oxygen atoms in total. The minimum Gasteiger partial charge on any atom is -0.302 e. The van der Waals surface area contributed by atoms with Crippen LogP contribution in [0.25, 0.3) is 0 Å². The predicted molar refractivity (Wildman–Crippen MR) is 68.5 cm³/mol. The summed E-state index contributed by atoms with van der Waals surface area (Å²) in [7, 11) is 0. The summed E-state index contributed by atoms with van der Waals surface area (Å²) in [4.78, 5) is 4.27. The van der Waals surface area contributed by atoms with Crippen LogP contribution >= 0.6 is 11.3 Å². The van der Waals surface area contributed by atoms with Gasteiger partial charge in [-0.1, -0.05) is 12.1 Å². The molecule has 1 heterocycles. The van der Waals surface area contributed by atoms with E-state index in [0.717, 1.165) is 11.3 Å². The maximum Gasteiger partial charge on any atom is 0.123 e. The van der Waals surface area contributed by atoms with Crippen LogP contribution in [0.2, 0.25) is 0 Å². The van der Waals surface area contributed by atoms with Gasteiger partial charge in [0, 0.05) is 17.5 Å². The second-order valence-corrected chi connectivity index (χ2v) is 4.79. The molecule has 90 valence electrons. The first-order chi connectivity index (χ1) is 8.16. The van der Waals surface area contributed by atoms with Crippen LogP contribution in [0, 0.1) is 5.82 Å². The molecule has 2 aromatic rings. The lowest BCUT2D eigenvalue weighted by Gasteiger charge is -2.19. The van der Waals surface area contributed by atoms with Crippen molar-refractivity contribution in [2.24, 2.45) is 0 Å². The highest BCUT2D eigenvalue weighted by Crippen LogP contribution is 2.19. The molecule has 1 aromatic carbocycles. The molecule has 17 heavy (non-hydrogen) atoms. The molecule has 0 fully saturated rings. The summed E-state index contributed by atoms with van der Waals surface area (Å²) in [6.07, 6.45) is 0. The Morgan fingerprint density at radius 3 is 2.47 bits per heavy atom. The third-order valence-electron chi connectivity index (χ3n) is 2.77. The zero-order valence-corrected chi connectivity index (χ0v) is 10.7. The summed E-state index contributed by atoms with van der Waals surface area (Å²) in [5.74, 6) is -0.200. The fraction of sp³-hybridized carbons (Fsp3) is 0.308. The Balaban J connectivity index is 2.01. The van der Waals surface area contributed by atoms with Gasteiger partial charge < -0.3 is 5.32 Å². The van der Waals surface area contributed by atoms with Gasteiger partial charge in [-0.2, -0.15) is 0 Å². The van der Waals surface area contributed by atoms with Crippen molar-refractivity contribution in [3.8, 4) is 0 Å². The summed E-state index contributed by atoms with van der Waals surface area (Å²) in [5, 5.41) is 5.48. The van der Waals surface area contributed by atoms with Crippen molar-refractivity contribution in [3.05, 3.63) is 52.2 Å². The van der Waals surface area contributed by atoms with Crippen LogP contribution in [-0.2, 0) is 0 Å². The smallest absolute Gasteiger partial charge is 0.123 e. The van der Waals surface area contributed by atoms with Crippen molar-refractivity contribution in [3.63, 3.8) is 0 Å². The van der Waals surface area contributed by atoms with Gasteiger partial charge in [-0.25, -0.2) is 9.37 Å². The Labute approximate surface area is 105 Å². The lowest BCUT2D eigenvalue weighted by molar-refractivity contribution is 0.487. The number of nitrogens with zero attached hydrogens (tertiary/aromatic N) is 1. The molecule has 0 saturated heterocycles. The van der Waals surface area contributed by atoms with Crippen LogP contribution in [-0.4, -0.2) is 4.98 Å². The van der Waals surface area contributed by atoms with Crippen molar-refractivity contribution >= 4 is 11.3 Å². The predicted octanol–water partition coefficient (Wildman–Crippen LogP) is 3.69. The monoisotopic (exact) mass is 250 g/mol. The van der Waals surface area contributed by atoms with E-state index >= 15 is 0 Å². The van der Waals surface area contributed by atoms with Gasteiger partial charge in [-0.15, -0.1) is 11.3 Å². The number of thiazole rings is 1. The summed E-state index contributed by atoms with van der Waals surface area (Å²) >= 11 is 1.59. The Hall–Kier alpha value is -1.26. The summed E-state index contributed by atoms with van der Waals surface area (Å²) < 4.78 is 12.8. The van der Waals surface area contributed by atoms with Crippen LogP contribution in [0.1, 0.15) is 37.2 Å². The second-order valence-electron chi connectivity index (χ2n) is 4.07. The number of hydrogen-bond acceptors (Lipinski definition) is 3. The zero-order valence-electron chi connectivity index (χ0n) is 9.85. The molecule has 1 N–H and O–H groups in total. The Morgan fingerprint density at radius 1 is 1.18 bits per heavy atom. The fourth-order valence-electron chi connectivity index (χ4n) is 1.74. The van der Waals surface area contributed by atoms with Gasteiger partial charge in [-0.3, -0.25) is 0 Å². The molecule has 4 heteroatoms. The normalized spacial score (nSPS) is 14.5. The van der Waals surface area contributed by atoms with Crippen molar-refractivity contribution in [2.75, 3.05) is 0 Å². The highest BCUT2D eigenvalue weighted by molar-refractivity contribution is 7.07. The van der Waals surface area contributed by atoms with E-state index in [4.69, 9.17) is 0 Å². The molecule has 0 aliphatic heterocycles. The summed E-state index contributed by atoms with van der Waals surface area (Å²) in [6.45, 7) is 4.14. The Bertz CT molecular complexity index is 453. The highest BCUT2D eigenvalue weighted by atomic mass is 32.1. The number of aromatic nitrogens is 1. The fourth-order valence-corrected chi connectivity index (χ4v) is 2.39. The first-order valence-electron chi connectivity index (χ1n) is 5.56. The molecule has 0 aliphatic rings. The molecule has 0 radical (unpaired) electrons. The molecular weight excluding hydrogens is 235 g/mol. The van der Waals surface area contributed by atoms with E-state index in [1.807, 2.05) is 10.9 Å². The van der Waals surface area contributed by atoms with Gasteiger partial charge in [0.05, 0.1) is 11.2 Å². The number of halogens is 1. The molecule has 0 spiro atoms. The minimum absolute atomic E-state index is 0.173. The van der Waals surface area contributed by atoms with E-state index in [1.165, 1.54) is 12.1 Å². The van der Waals surface area contributed by atoms with E-state index in [9.17, 15) is 4.39 Å². The van der Waals surface area contributed by atoms with E-state index in [-0.39, 0.29) is 17.9 Å². The average molecular weight is 250 g/mol. The molecule has 0 amide bonds. The van der Waals surface area contributed by atoms with Crippen molar-refractivity contribution in [1.82, 2.24) is 10.3 Å². The topological polar surface area (TPSA) is 24.9 Å². The SMILES string of the molecule is CC(NC(C)c1cscn1)c1ccc(F)cc1. The number of benzene rings is 1. The molecular formula is C13H15FN2S. The molecule has 0 aliphatic carbocycles. The second kappa shape index (κ2) is 5.38. The van der Waals surface area contributed by atoms with Gasteiger partial charge in [0.15, 0.2) is 0 Å². The van der Waals surface area contributed by atoms with Crippen LogP contribution in [0.15, 0.2) is 35.2 Å². The average Bonchev–Trinajstić information content (AvgIpc) is 2.83. The first kappa shape index (κ1) is 12.2. The van der Waals surface area contributed by atoms with Crippen LogP contribution in [0.5, 0.6) is 0 Å². The Morgan fingerprint density at radius 2 is 1.88 bits per heavy atom. The largest absolute Gasteiger partial charge is 0.302 e. The van der Waals surface area contributed by atoms with E-state index in [2.05, 4.69) is 24.1 Å². The first-order valence-corrected chi connectivity index (χ1v) is 6.50. The van der Waals surface area contributed by atoms with Crippen molar-refractivity contribution < 1.29 is 4.39 Å². The van der Waals surface area contributed by atoms with Gasteiger partial charge in [-0.05, 0) is 31.5 Å². The third kappa shape index (κ3) is 3.11. The number of hydrogen-bond donors (Lipinski definition) is 1. The number of nitrogens with one attached hydrogen (secondary N) is 1. The quantitative estimate of drug-likeness (QED) is 0.895. The van der Waals surface area contributed by atoms with Gasteiger partial charge in [0.25, 0.3) is 0 Å². The molecule has 1 aromatic heterocycles. The molecule has 2 unspecified atom stereocenters. The highest BCUT2D eigenvalue weighted by Gasteiger charge is 2.12. The lowest BCUT2D eigenvalue weighted by Crippen LogP contribution is -2.22. The number of rotatable bonds is 4. The maximum absolute atomic E-state index is 12.8. The van der Waals surface area contributed by atoms with Crippen LogP contribution < -0.4 is 5.32 Å². The Kier molecular flexibility index (Phi) is 3.86. The van der Waals surface area contributed by atoms with Gasteiger partial charge in [0.1, 0.15) is 5.82 Å².